The number of halogens is 1. The number of hydrogen-bond donors (Lipinski definition) is 0. The van der Waals surface area contributed by atoms with Crippen LogP contribution in [-0.4, -0.2) is 53.1 Å². The second kappa shape index (κ2) is 24.7. The van der Waals surface area contributed by atoms with Crippen LogP contribution in [0.15, 0.2) is 340 Å². The van der Waals surface area contributed by atoms with Gasteiger partial charge in [-0.25, -0.2) is 16.8 Å². The molecule has 10 nitrogen and oxygen atoms in total. The first-order valence-corrected chi connectivity index (χ1v) is 38.5. The highest BCUT2D eigenvalue weighted by atomic mass is 79.9. The number of para-hydroxylation sites is 8. The summed E-state index contributed by atoms with van der Waals surface area (Å²) in [7, 11) is -7.64. The van der Waals surface area contributed by atoms with E-state index < -0.39 is 19.7 Å². The molecular formula is C91H68BBrN4O6S2. The number of sulfone groups is 2. The zero-order valence-electron chi connectivity index (χ0n) is 57.0. The minimum absolute atomic E-state index is 0. The van der Waals surface area contributed by atoms with Crippen molar-refractivity contribution >= 4 is 168 Å². The molecule has 0 bridgehead atoms. The molecule has 0 amide bonds. The first-order valence-electron chi connectivity index (χ1n) is 34.7. The average Bonchev–Trinajstić information content (AvgIpc) is 1.51. The topological polar surface area (TPSA) is 105 Å². The molecule has 0 spiro atoms. The number of rotatable bonds is 8. The van der Waals surface area contributed by atoms with E-state index in [1.807, 2.05) is 84.9 Å². The lowest BCUT2D eigenvalue weighted by Gasteiger charge is -2.32. The first-order chi connectivity index (χ1) is 50.5. The molecule has 510 valence electrons. The summed E-state index contributed by atoms with van der Waals surface area (Å²) in [5.41, 5.74) is 16.0. The second-order valence-electron chi connectivity index (χ2n) is 27.9. The summed E-state index contributed by atoms with van der Waals surface area (Å²) in [6.07, 6.45) is 0. The molecule has 0 aliphatic carbocycles. The van der Waals surface area contributed by atoms with E-state index in [2.05, 4.69) is 231 Å². The Morgan fingerprint density at radius 2 is 0.543 bits per heavy atom. The average molecular weight is 1470 g/mol. The highest BCUT2D eigenvalue weighted by molar-refractivity contribution is 9.10. The van der Waals surface area contributed by atoms with E-state index in [4.69, 9.17) is 9.31 Å². The smallest absolute Gasteiger partial charge is 0.399 e. The minimum Gasteiger partial charge on any atom is -0.399 e. The summed E-state index contributed by atoms with van der Waals surface area (Å²) in [6, 6.07) is 105. The molecule has 14 aromatic carbocycles. The summed E-state index contributed by atoms with van der Waals surface area (Å²) in [5, 5.41) is 14.6. The van der Waals surface area contributed by atoms with Crippen LogP contribution in [0.1, 0.15) is 35.1 Å². The van der Waals surface area contributed by atoms with E-state index in [-0.39, 0.29) is 45.3 Å². The number of hydrogen-bond acceptors (Lipinski definition) is 6. The van der Waals surface area contributed by atoms with Crippen molar-refractivity contribution in [1.29, 1.82) is 0 Å². The summed E-state index contributed by atoms with van der Waals surface area (Å²) in [5.74, 6) is 0. The predicted molar refractivity (Wildman–Crippen MR) is 437 cm³/mol. The van der Waals surface area contributed by atoms with Crippen molar-refractivity contribution in [3.05, 3.63) is 320 Å². The first kappa shape index (κ1) is 65.7. The van der Waals surface area contributed by atoms with Gasteiger partial charge in [-0.15, -0.1) is 0 Å². The van der Waals surface area contributed by atoms with Crippen molar-refractivity contribution in [2.75, 3.05) is 0 Å². The van der Waals surface area contributed by atoms with Gasteiger partial charge in [-0.3, -0.25) is 0 Å². The van der Waals surface area contributed by atoms with Crippen molar-refractivity contribution in [2.45, 2.75) is 65.9 Å². The molecule has 105 heavy (non-hydrogen) atoms. The zero-order chi connectivity index (χ0) is 70.5. The third-order valence-electron chi connectivity index (χ3n) is 21.5. The number of nitrogens with zero attached hydrogens (tertiary/aromatic N) is 4. The van der Waals surface area contributed by atoms with E-state index in [1.54, 1.807) is 60.7 Å². The third kappa shape index (κ3) is 10.3. The maximum absolute atomic E-state index is 13.8. The van der Waals surface area contributed by atoms with Crippen LogP contribution in [0.3, 0.4) is 0 Å². The Kier molecular flexibility index (Phi) is 15.4. The molecule has 6 aromatic heterocycles. The van der Waals surface area contributed by atoms with E-state index in [1.165, 1.54) is 97.7 Å². The molecule has 1 saturated heterocycles. The highest BCUT2D eigenvalue weighted by Gasteiger charge is 2.52. The maximum Gasteiger partial charge on any atom is 0.494 e. The van der Waals surface area contributed by atoms with Crippen LogP contribution in [0, 0.1) is 0 Å². The van der Waals surface area contributed by atoms with Crippen LogP contribution in [0.25, 0.3) is 142 Å². The summed E-state index contributed by atoms with van der Waals surface area (Å²) in [6.45, 7) is 8.41. The summed E-state index contributed by atoms with van der Waals surface area (Å²) >= 11 is 3.34. The molecule has 1 aliphatic heterocycles. The molecule has 1 aliphatic rings. The molecule has 20 aromatic rings. The van der Waals surface area contributed by atoms with Crippen molar-refractivity contribution in [3.63, 3.8) is 0 Å². The van der Waals surface area contributed by atoms with Crippen molar-refractivity contribution in [3.8, 4) is 22.5 Å². The Balaban J connectivity index is 0.000000117. The number of benzene rings is 14. The van der Waals surface area contributed by atoms with E-state index in [0.717, 1.165) is 54.5 Å². The molecule has 0 atom stereocenters. The van der Waals surface area contributed by atoms with E-state index >= 15 is 0 Å². The molecule has 0 saturated carbocycles. The van der Waals surface area contributed by atoms with Crippen molar-refractivity contribution < 1.29 is 26.1 Å². The normalized spacial score (nSPS) is 13.9. The minimum atomic E-state index is -3.72. The Hall–Kier alpha value is -11.4. The van der Waals surface area contributed by atoms with Gasteiger partial charge in [-0.1, -0.05) is 193 Å². The molecule has 0 N–H and O–H groups in total. The Labute approximate surface area is 615 Å². The van der Waals surface area contributed by atoms with E-state index in [9.17, 15) is 16.8 Å². The van der Waals surface area contributed by atoms with Crippen LogP contribution in [0.4, 0.5) is 0 Å². The fraction of sp³-hybridized carbons (Fsp3) is 0.0769. The van der Waals surface area contributed by atoms with Gasteiger partial charge in [-0.05, 0) is 190 Å². The van der Waals surface area contributed by atoms with Gasteiger partial charge in [0.05, 0.1) is 86.0 Å². The summed E-state index contributed by atoms with van der Waals surface area (Å²) < 4.78 is 76.2. The lowest BCUT2D eigenvalue weighted by Crippen LogP contribution is -2.41. The molecule has 21 rings (SSSR count). The van der Waals surface area contributed by atoms with Gasteiger partial charge < -0.3 is 27.2 Å². The maximum atomic E-state index is 13.8. The fourth-order valence-corrected chi connectivity index (χ4v) is 18.7. The fourth-order valence-electron chi connectivity index (χ4n) is 15.9. The standard InChI is InChI=1S/C42H26N2O2S.C24H22BNO2.C24H16BrNO2S.CH4/c45-47(46,31-23-19-29(20-24-31)43-38-13-5-1-9-32(38)33-10-2-6-14-39(33)43)30-21-17-27(18-22-30)28-25-36-34-11-3-7-15-40(34)44-41-16-8-4-12-35(41)37(26-28)42(36)44;1-23(2)24(3,4)28-25(27-23)15-13-18-16-9-5-7-11-20(16)26-21-12-8-6-10-17(21)19(14-15)22(18)26;25-17-9-13-19(14-10-17)29(27,28)20-15-11-18(12-16-20)26-23-7-3-1-5-21(23)22-6-2-4-8-24(22)26;/h1-26H;5-14H,1-4H3;1-16H;1H4. The second-order valence-corrected chi connectivity index (χ2v) is 32.7. The largest absolute Gasteiger partial charge is 0.494 e. The number of fused-ring (bicyclic) bond motifs is 18. The SMILES string of the molecule is C.CC1(C)OB(c2cc3c4ccccc4n4c5ccccc5c(c2)c34)OC1(C)C.O=S(=O)(c1ccc(-c2cc3c4ccccc4n4c5ccccc5c(c2)c34)cc1)c1ccc(-n2c3ccccc3c3ccccc32)cc1.O=S(=O)(c1ccc(Br)cc1)c1ccc(-n2c3ccccc3c3ccccc32)cc1. The van der Waals surface area contributed by atoms with Crippen LogP contribution in [0.5, 0.6) is 0 Å². The van der Waals surface area contributed by atoms with Gasteiger partial charge in [0.15, 0.2) is 0 Å². The van der Waals surface area contributed by atoms with Gasteiger partial charge in [0.25, 0.3) is 0 Å². The molecule has 0 radical (unpaired) electrons. The van der Waals surface area contributed by atoms with Gasteiger partial charge in [-0.2, -0.15) is 0 Å². The monoisotopic (exact) mass is 1470 g/mol. The molecule has 14 heteroatoms. The van der Waals surface area contributed by atoms with Crippen LogP contribution in [0.2, 0.25) is 0 Å². The lowest BCUT2D eigenvalue weighted by atomic mass is 9.77. The molecule has 1 fully saturated rings. The number of aromatic nitrogens is 4. The highest BCUT2D eigenvalue weighted by Crippen LogP contribution is 2.45. The zero-order valence-corrected chi connectivity index (χ0v) is 60.3. The quantitative estimate of drug-likeness (QED) is 0.140. The Bertz CT molecular complexity index is 6800. The van der Waals surface area contributed by atoms with Crippen LogP contribution < -0.4 is 5.46 Å². The molecule has 7 heterocycles. The summed E-state index contributed by atoms with van der Waals surface area (Å²) in [4.78, 5) is 1.11. The predicted octanol–water partition coefficient (Wildman–Crippen LogP) is 22.6. The molecule has 0 unspecified atom stereocenters. The van der Waals surface area contributed by atoms with Crippen molar-refractivity contribution in [2.24, 2.45) is 0 Å². The Morgan fingerprint density at radius 1 is 0.295 bits per heavy atom. The van der Waals surface area contributed by atoms with Crippen molar-refractivity contribution in [1.82, 2.24) is 17.9 Å². The van der Waals surface area contributed by atoms with Crippen LogP contribution in [-0.2, 0) is 29.0 Å². The van der Waals surface area contributed by atoms with Gasteiger partial charge in [0, 0.05) is 80.5 Å². The lowest BCUT2D eigenvalue weighted by molar-refractivity contribution is 0.00578. The van der Waals surface area contributed by atoms with E-state index in [0.29, 0.717) is 0 Å². The van der Waals surface area contributed by atoms with Crippen LogP contribution >= 0.6 is 15.9 Å². The van der Waals surface area contributed by atoms with Gasteiger partial charge >= 0.3 is 7.12 Å². The molecular weight excluding hydrogens is 1400 g/mol. The van der Waals surface area contributed by atoms with Gasteiger partial charge in [0.2, 0.25) is 19.7 Å². The Morgan fingerprint density at radius 3 is 0.848 bits per heavy atom. The van der Waals surface area contributed by atoms with Gasteiger partial charge in [0.1, 0.15) is 0 Å². The third-order valence-corrected chi connectivity index (χ3v) is 25.6.